The number of benzene rings is 1. The van der Waals surface area contributed by atoms with E-state index >= 15 is 0 Å². The normalized spacial score (nSPS) is 10.7. The summed E-state index contributed by atoms with van der Waals surface area (Å²) in [6.45, 7) is 0. The summed E-state index contributed by atoms with van der Waals surface area (Å²) < 4.78 is 13.0. The minimum atomic E-state index is -0.589. The molecule has 2 N–H and O–H groups in total. The average Bonchev–Trinajstić information content (AvgIpc) is 2.47. The zero-order chi connectivity index (χ0) is 14.1. The molecule has 0 bridgehead atoms. The number of carbonyl (C=O) groups excluding carboxylic acids is 1. The van der Waals surface area contributed by atoms with Crippen LogP contribution >= 0.6 is 0 Å². The molecule has 0 aliphatic rings. The SMILES string of the molecule is NC(=O)c1ccc2cncc(-c3ccc(F)cc3)c2n1. The predicted molar refractivity (Wildman–Crippen MR) is 73.4 cm³/mol. The predicted octanol–water partition coefficient (Wildman–Crippen LogP) is 2.53. The fraction of sp³-hybridized carbons (Fsp3) is 0. The first-order chi connectivity index (χ1) is 9.65. The van der Waals surface area contributed by atoms with E-state index in [0.717, 1.165) is 16.5 Å². The molecule has 3 rings (SSSR count). The fourth-order valence-corrected chi connectivity index (χ4v) is 2.02. The summed E-state index contributed by atoms with van der Waals surface area (Å²) in [6, 6.07) is 9.32. The maximum Gasteiger partial charge on any atom is 0.267 e. The van der Waals surface area contributed by atoms with Crippen molar-refractivity contribution < 1.29 is 9.18 Å². The quantitative estimate of drug-likeness (QED) is 0.775. The van der Waals surface area contributed by atoms with Crippen LogP contribution in [0.3, 0.4) is 0 Å². The highest BCUT2D eigenvalue weighted by molar-refractivity contribution is 5.97. The molecule has 0 fully saturated rings. The molecule has 0 radical (unpaired) electrons. The van der Waals surface area contributed by atoms with Crippen LogP contribution in [0.1, 0.15) is 10.5 Å². The van der Waals surface area contributed by atoms with Crippen molar-refractivity contribution in [1.29, 1.82) is 0 Å². The van der Waals surface area contributed by atoms with Crippen molar-refractivity contribution in [2.45, 2.75) is 0 Å². The van der Waals surface area contributed by atoms with Crippen LogP contribution in [-0.2, 0) is 0 Å². The van der Waals surface area contributed by atoms with Gasteiger partial charge < -0.3 is 5.73 Å². The third-order valence-electron chi connectivity index (χ3n) is 3.01. The lowest BCUT2D eigenvalue weighted by atomic mass is 10.0. The molecule has 3 aromatic rings. The molecule has 5 heteroatoms. The maximum absolute atomic E-state index is 13.0. The number of nitrogens with zero attached hydrogens (tertiary/aromatic N) is 2. The molecule has 0 aliphatic carbocycles. The molecule has 0 saturated heterocycles. The van der Waals surface area contributed by atoms with E-state index < -0.39 is 5.91 Å². The van der Waals surface area contributed by atoms with Crippen LogP contribution in [0.2, 0.25) is 0 Å². The summed E-state index contributed by atoms with van der Waals surface area (Å²) in [5.41, 5.74) is 7.55. The van der Waals surface area contributed by atoms with Gasteiger partial charge in [0.2, 0.25) is 0 Å². The van der Waals surface area contributed by atoms with E-state index in [2.05, 4.69) is 9.97 Å². The van der Waals surface area contributed by atoms with Gasteiger partial charge in [0.15, 0.2) is 0 Å². The highest BCUT2D eigenvalue weighted by Crippen LogP contribution is 2.26. The standard InChI is InChI=1S/C15H10FN3O/c16-11-4-1-9(2-5-11)12-8-18-7-10-3-6-13(15(17)20)19-14(10)12/h1-8H,(H2,17,20). The molecular weight excluding hydrogens is 257 g/mol. The molecule has 0 spiro atoms. The molecule has 2 heterocycles. The van der Waals surface area contributed by atoms with Crippen LogP contribution in [0.5, 0.6) is 0 Å². The van der Waals surface area contributed by atoms with Crippen LogP contribution in [0.4, 0.5) is 4.39 Å². The zero-order valence-corrected chi connectivity index (χ0v) is 10.4. The van der Waals surface area contributed by atoms with Gasteiger partial charge in [0.25, 0.3) is 5.91 Å². The Hall–Kier alpha value is -2.82. The molecule has 2 aromatic heterocycles. The van der Waals surface area contributed by atoms with Gasteiger partial charge >= 0.3 is 0 Å². The van der Waals surface area contributed by atoms with Crippen molar-refractivity contribution in [1.82, 2.24) is 9.97 Å². The monoisotopic (exact) mass is 267 g/mol. The average molecular weight is 267 g/mol. The lowest BCUT2D eigenvalue weighted by Crippen LogP contribution is -2.12. The lowest BCUT2D eigenvalue weighted by Gasteiger charge is -2.06. The first kappa shape index (κ1) is 12.2. The number of fused-ring (bicyclic) bond motifs is 1. The van der Waals surface area contributed by atoms with E-state index in [1.54, 1.807) is 36.7 Å². The van der Waals surface area contributed by atoms with E-state index in [1.165, 1.54) is 12.1 Å². The number of amides is 1. The number of nitrogens with two attached hydrogens (primary N) is 1. The maximum atomic E-state index is 13.0. The van der Waals surface area contributed by atoms with E-state index in [9.17, 15) is 9.18 Å². The van der Waals surface area contributed by atoms with E-state index in [0.29, 0.717) is 5.52 Å². The summed E-state index contributed by atoms with van der Waals surface area (Å²) >= 11 is 0. The summed E-state index contributed by atoms with van der Waals surface area (Å²) in [6.07, 6.45) is 3.29. The highest BCUT2D eigenvalue weighted by atomic mass is 19.1. The highest BCUT2D eigenvalue weighted by Gasteiger charge is 2.09. The Morgan fingerprint density at radius 3 is 2.50 bits per heavy atom. The zero-order valence-electron chi connectivity index (χ0n) is 10.4. The second kappa shape index (κ2) is 4.70. The van der Waals surface area contributed by atoms with Crippen molar-refractivity contribution in [3.63, 3.8) is 0 Å². The molecule has 0 atom stereocenters. The third-order valence-corrected chi connectivity index (χ3v) is 3.01. The van der Waals surface area contributed by atoms with Crippen LogP contribution in [0, 0.1) is 5.82 Å². The third kappa shape index (κ3) is 2.09. The van der Waals surface area contributed by atoms with Crippen LogP contribution in [0.15, 0.2) is 48.8 Å². The van der Waals surface area contributed by atoms with Gasteiger partial charge in [-0.05, 0) is 29.8 Å². The molecular formula is C15H10FN3O. The molecule has 0 aliphatic heterocycles. The summed E-state index contributed by atoms with van der Waals surface area (Å²) in [5, 5.41) is 0.789. The van der Waals surface area contributed by atoms with Crippen molar-refractivity contribution in [3.05, 3.63) is 60.3 Å². The van der Waals surface area contributed by atoms with Gasteiger partial charge in [-0.3, -0.25) is 9.78 Å². The number of halogens is 1. The number of rotatable bonds is 2. The van der Waals surface area contributed by atoms with Gasteiger partial charge in [-0.15, -0.1) is 0 Å². The number of hydrogen-bond donors (Lipinski definition) is 1. The lowest BCUT2D eigenvalue weighted by molar-refractivity contribution is 0.0996. The van der Waals surface area contributed by atoms with Crippen molar-refractivity contribution in [3.8, 4) is 11.1 Å². The molecule has 4 nitrogen and oxygen atoms in total. The molecule has 0 saturated carbocycles. The number of primary amides is 1. The van der Waals surface area contributed by atoms with Gasteiger partial charge in [-0.2, -0.15) is 0 Å². The largest absolute Gasteiger partial charge is 0.364 e. The van der Waals surface area contributed by atoms with Crippen LogP contribution in [0.25, 0.3) is 22.0 Å². The minimum absolute atomic E-state index is 0.187. The number of aromatic nitrogens is 2. The van der Waals surface area contributed by atoms with Gasteiger partial charge in [-0.1, -0.05) is 12.1 Å². The van der Waals surface area contributed by atoms with Crippen molar-refractivity contribution in [2.24, 2.45) is 5.73 Å². The first-order valence-electron chi connectivity index (χ1n) is 5.95. The fourth-order valence-electron chi connectivity index (χ4n) is 2.02. The smallest absolute Gasteiger partial charge is 0.267 e. The number of pyridine rings is 2. The summed E-state index contributed by atoms with van der Waals surface area (Å²) in [4.78, 5) is 19.6. The first-order valence-corrected chi connectivity index (χ1v) is 5.95. The summed E-state index contributed by atoms with van der Waals surface area (Å²) in [5.74, 6) is -0.901. The Balaban J connectivity index is 2.26. The van der Waals surface area contributed by atoms with Crippen molar-refractivity contribution >= 4 is 16.8 Å². The number of hydrogen-bond acceptors (Lipinski definition) is 3. The van der Waals surface area contributed by atoms with Gasteiger partial charge in [0.05, 0.1) is 5.52 Å². The van der Waals surface area contributed by atoms with E-state index in [-0.39, 0.29) is 11.5 Å². The van der Waals surface area contributed by atoms with Gasteiger partial charge in [0.1, 0.15) is 11.5 Å². The Labute approximate surface area is 114 Å². The molecule has 98 valence electrons. The minimum Gasteiger partial charge on any atom is -0.364 e. The van der Waals surface area contributed by atoms with E-state index in [1.807, 2.05) is 0 Å². The molecule has 0 unspecified atom stereocenters. The second-order valence-electron chi connectivity index (χ2n) is 4.33. The molecule has 20 heavy (non-hydrogen) atoms. The molecule has 1 aromatic carbocycles. The Morgan fingerprint density at radius 1 is 1.05 bits per heavy atom. The van der Waals surface area contributed by atoms with Gasteiger partial charge in [-0.25, -0.2) is 9.37 Å². The number of carbonyl (C=O) groups is 1. The Kier molecular flexibility index (Phi) is 2.87. The molecule has 1 amide bonds. The second-order valence-corrected chi connectivity index (χ2v) is 4.33. The van der Waals surface area contributed by atoms with E-state index in [4.69, 9.17) is 5.73 Å². The van der Waals surface area contributed by atoms with Gasteiger partial charge in [0, 0.05) is 23.3 Å². The Morgan fingerprint density at radius 2 is 1.80 bits per heavy atom. The summed E-state index contributed by atoms with van der Waals surface area (Å²) in [7, 11) is 0. The van der Waals surface area contributed by atoms with Crippen molar-refractivity contribution in [2.75, 3.05) is 0 Å². The topological polar surface area (TPSA) is 68.9 Å². The Bertz CT molecular complexity index is 800. The van der Waals surface area contributed by atoms with Crippen LogP contribution < -0.4 is 5.73 Å². The van der Waals surface area contributed by atoms with Crippen LogP contribution in [-0.4, -0.2) is 15.9 Å².